The van der Waals surface area contributed by atoms with E-state index in [1.165, 1.54) is 5.56 Å². The number of benzene rings is 1. The molecule has 1 spiro atoms. The maximum absolute atomic E-state index is 12.7. The predicted molar refractivity (Wildman–Crippen MR) is 89.4 cm³/mol. The molecular weight excluding hydrogens is 306 g/mol. The molecule has 24 heavy (non-hydrogen) atoms. The normalized spacial score (nSPS) is 24.2. The molecule has 6 heteroatoms. The highest BCUT2D eigenvalue weighted by Gasteiger charge is 2.51. The fraction of sp³-hybridized carbons (Fsp3) is 0.500. The molecule has 0 unspecified atom stereocenters. The number of carbonyl (C=O) groups is 3. The molecule has 3 rings (SSSR count). The Labute approximate surface area is 141 Å². The summed E-state index contributed by atoms with van der Waals surface area (Å²) in [4.78, 5) is 37.7. The predicted octanol–water partition coefficient (Wildman–Crippen LogP) is 1.69. The van der Waals surface area contributed by atoms with E-state index in [0.717, 1.165) is 12.0 Å². The van der Waals surface area contributed by atoms with Crippen molar-refractivity contribution in [1.82, 2.24) is 15.5 Å². The summed E-state index contributed by atoms with van der Waals surface area (Å²) in [6.07, 6.45) is 1.77. The first-order chi connectivity index (χ1) is 11.4. The maximum Gasteiger partial charge on any atom is 0.322 e. The summed E-state index contributed by atoms with van der Waals surface area (Å²) in [5.41, 5.74) is 1.43. The molecule has 1 aromatic carbocycles. The van der Waals surface area contributed by atoms with Crippen LogP contribution in [-0.4, -0.2) is 41.4 Å². The zero-order valence-electron chi connectivity index (χ0n) is 14.1. The van der Waals surface area contributed by atoms with Crippen LogP contribution in [0, 0.1) is 6.92 Å². The van der Waals surface area contributed by atoms with E-state index < -0.39 is 11.6 Å². The molecule has 4 amide bonds. The molecule has 0 saturated carbocycles. The average molecular weight is 329 g/mol. The van der Waals surface area contributed by atoms with Gasteiger partial charge in [-0.1, -0.05) is 36.8 Å². The number of imide groups is 1. The molecule has 2 atom stereocenters. The maximum atomic E-state index is 12.7. The van der Waals surface area contributed by atoms with Crippen LogP contribution >= 0.6 is 0 Å². The van der Waals surface area contributed by atoms with Gasteiger partial charge in [-0.2, -0.15) is 0 Å². The van der Waals surface area contributed by atoms with E-state index in [1.54, 1.807) is 4.90 Å². The zero-order valence-corrected chi connectivity index (χ0v) is 14.1. The van der Waals surface area contributed by atoms with Crippen LogP contribution in [0.5, 0.6) is 0 Å². The Morgan fingerprint density at radius 1 is 1.29 bits per heavy atom. The molecular formula is C18H23N3O3. The van der Waals surface area contributed by atoms with E-state index in [4.69, 9.17) is 0 Å². The summed E-state index contributed by atoms with van der Waals surface area (Å²) in [6, 6.07) is 7.80. The van der Waals surface area contributed by atoms with Gasteiger partial charge in [0.1, 0.15) is 5.54 Å². The summed E-state index contributed by atoms with van der Waals surface area (Å²) < 4.78 is 0. The van der Waals surface area contributed by atoms with Crippen molar-refractivity contribution in [2.45, 2.75) is 44.6 Å². The molecule has 6 nitrogen and oxygen atoms in total. The molecule has 1 aromatic rings. The second-order valence-electron chi connectivity index (χ2n) is 6.78. The Kier molecular flexibility index (Phi) is 4.30. The molecule has 2 aliphatic rings. The van der Waals surface area contributed by atoms with Gasteiger partial charge in [0.25, 0.3) is 5.91 Å². The minimum atomic E-state index is -0.932. The van der Waals surface area contributed by atoms with Gasteiger partial charge in [-0.25, -0.2) is 4.79 Å². The number of nitrogens with one attached hydrogen (secondary N) is 2. The number of rotatable bonds is 4. The highest BCUT2D eigenvalue weighted by Crippen LogP contribution is 2.29. The second-order valence-corrected chi connectivity index (χ2v) is 6.78. The van der Waals surface area contributed by atoms with E-state index in [2.05, 4.69) is 41.8 Å². The summed E-state index contributed by atoms with van der Waals surface area (Å²) in [6.45, 7) is 4.87. The minimum absolute atomic E-state index is 0.0354. The quantitative estimate of drug-likeness (QED) is 0.825. The van der Waals surface area contributed by atoms with Crippen LogP contribution in [0.3, 0.4) is 0 Å². The molecule has 0 aromatic heterocycles. The summed E-state index contributed by atoms with van der Waals surface area (Å²) in [5, 5.41) is 4.94. The Morgan fingerprint density at radius 2 is 2.00 bits per heavy atom. The Morgan fingerprint density at radius 3 is 2.58 bits per heavy atom. The molecule has 2 saturated heterocycles. The molecule has 2 aliphatic heterocycles. The van der Waals surface area contributed by atoms with Crippen molar-refractivity contribution < 1.29 is 14.4 Å². The van der Waals surface area contributed by atoms with Crippen LogP contribution in [0.4, 0.5) is 4.79 Å². The lowest BCUT2D eigenvalue weighted by molar-refractivity contribution is -0.131. The van der Waals surface area contributed by atoms with Crippen molar-refractivity contribution in [2.24, 2.45) is 0 Å². The van der Waals surface area contributed by atoms with Gasteiger partial charge < -0.3 is 10.2 Å². The number of likely N-dealkylation sites (tertiary alicyclic amines) is 1. The molecule has 2 heterocycles. The van der Waals surface area contributed by atoms with E-state index >= 15 is 0 Å². The van der Waals surface area contributed by atoms with Crippen molar-refractivity contribution in [3.05, 3.63) is 35.4 Å². The van der Waals surface area contributed by atoms with Gasteiger partial charge in [0.05, 0.1) is 6.54 Å². The lowest BCUT2D eigenvalue weighted by Crippen LogP contribution is -2.49. The van der Waals surface area contributed by atoms with Crippen LogP contribution in [-0.2, 0) is 9.59 Å². The zero-order chi connectivity index (χ0) is 17.3. The standard InChI is InChI=1S/C18H23N3O3/c1-3-13(14-6-4-12(2)5-7-14)10-15(22)21-9-8-18(11-21)16(23)19-17(24)20-18/h4-7,13H,3,8-11H2,1-2H3,(H2,19,20,23,24)/t13-,18-/m0/s1. The van der Waals surface area contributed by atoms with Crippen molar-refractivity contribution in [3.8, 4) is 0 Å². The van der Waals surface area contributed by atoms with Gasteiger partial charge in [0, 0.05) is 13.0 Å². The fourth-order valence-electron chi connectivity index (χ4n) is 3.51. The van der Waals surface area contributed by atoms with E-state index in [1.807, 2.05) is 6.92 Å². The summed E-state index contributed by atoms with van der Waals surface area (Å²) >= 11 is 0. The first-order valence-corrected chi connectivity index (χ1v) is 8.41. The minimum Gasteiger partial charge on any atom is -0.340 e. The van der Waals surface area contributed by atoms with E-state index in [-0.39, 0.29) is 24.3 Å². The van der Waals surface area contributed by atoms with Gasteiger partial charge >= 0.3 is 6.03 Å². The third-order valence-electron chi connectivity index (χ3n) is 5.10. The third-order valence-corrected chi connectivity index (χ3v) is 5.10. The van der Waals surface area contributed by atoms with Crippen molar-refractivity contribution >= 4 is 17.8 Å². The average Bonchev–Trinajstić information content (AvgIpc) is 3.10. The third kappa shape index (κ3) is 3.00. The van der Waals surface area contributed by atoms with Gasteiger partial charge in [0.15, 0.2) is 0 Å². The van der Waals surface area contributed by atoms with Crippen LogP contribution in [0.1, 0.15) is 43.2 Å². The van der Waals surface area contributed by atoms with Crippen LogP contribution in [0.15, 0.2) is 24.3 Å². The Balaban J connectivity index is 1.65. The van der Waals surface area contributed by atoms with Crippen molar-refractivity contribution in [1.29, 1.82) is 0 Å². The molecule has 0 bridgehead atoms. The van der Waals surface area contributed by atoms with Crippen LogP contribution < -0.4 is 10.6 Å². The van der Waals surface area contributed by atoms with Crippen LogP contribution in [0.25, 0.3) is 0 Å². The number of aryl methyl sites for hydroxylation is 1. The van der Waals surface area contributed by atoms with Gasteiger partial charge in [-0.15, -0.1) is 0 Å². The molecule has 128 valence electrons. The highest BCUT2D eigenvalue weighted by atomic mass is 16.2. The number of urea groups is 1. The number of amides is 4. The van der Waals surface area contributed by atoms with E-state index in [9.17, 15) is 14.4 Å². The highest BCUT2D eigenvalue weighted by molar-refractivity contribution is 6.07. The van der Waals surface area contributed by atoms with Gasteiger partial charge in [0.2, 0.25) is 5.91 Å². The molecule has 2 N–H and O–H groups in total. The smallest absolute Gasteiger partial charge is 0.322 e. The Bertz CT molecular complexity index is 671. The SMILES string of the molecule is CC[C@@H](CC(=O)N1CC[C@@]2(C1)NC(=O)NC2=O)c1ccc(C)cc1. The first kappa shape index (κ1) is 16.5. The van der Waals surface area contributed by atoms with Gasteiger partial charge in [-0.05, 0) is 31.2 Å². The largest absolute Gasteiger partial charge is 0.340 e. The monoisotopic (exact) mass is 329 g/mol. The molecule has 0 radical (unpaired) electrons. The summed E-state index contributed by atoms with van der Waals surface area (Å²) in [7, 11) is 0. The number of hydrogen-bond donors (Lipinski definition) is 2. The second kappa shape index (κ2) is 6.26. The lowest BCUT2D eigenvalue weighted by Gasteiger charge is -2.23. The Hall–Kier alpha value is -2.37. The summed E-state index contributed by atoms with van der Waals surface area (Å²) in [5.74, 6) is -0.122. The van der Waals surface area contributed by atoms with E-state index in [0.29, 0.717) is 19.4 Å². The fourth-order valence-corrected chi connectivity index (χ4v) is 3.51. The molecule has 0 aliphatic carbocycles. The van der Waals surface area contributed by atoms with Crippen LogP contribution in [0.2, 0.25) is 0 Å². The van der Waals surface area contributed by atoms with Crippen molar-refractivity contribution in [2.75, 3.05) is 13.1 Å². The number of nitrogens with zero attached hydrogens (tertiary/aromatic N) is 1. The molecule has 2 fully saturated rings. The van der Waals surface area contributed by atoms with Crippen molar-refractivity contribution in [3.63, 3.8) is 0 Å². The topological polar surface area (TPSA) is 78.5 Å². The first-order valence-electron chi connectivity index (χ1n) is 8.41. The lowest BCUT2D eigenvalue weighted by atomic mass is 9.92. The number of hydrogen-bond acceptors (Lipinski definition) is 3. The van der Waals surface area contributed by atoms with Gasteiger partial charge in [-0.3, -0.25) is 14.9 Å². The number of carbonyl (C=O) groups excluding carboxylic acids is 3.